The Kier molecular flexibility index (Phi) is 4.54. The molecule has 4 heteroatoms. The third kappa shape index (κ3) is 3.43. The van der Waals surface area contributed by atoms with Gasteiger partial charge in [0.15, 0.2) is 0 Å². The highest BCUT2D eigenvalue weighted by Gasteiger charge is 2.37. The van der Waals surface area contributed by atoms with E-state index >= 15 is 0 Å². The fraction of sp³-hybridized carbons (Fsp3) is 0.647. The van der Waals surface area contributed by atoms with Gasteiger partial charge in [0, 0.05) is 25.3 Å². The number of pyridine rings is 1. The number of carbonyl (C=O) groups is 1. The minimum absolute atomic E-state index is 0.0116. The van der Waals surface area contributed by atoms with E-state index in [4.69, 9.17) is 0 Å². The van der Waals surface area contributed by atoms with Crippen LogP contribution in [0.1, 0.15) is 50.8 Å². The molecule has 1 aromatic heterocycles. The van der Waals surface area contributed by atoms with Crippen molar-refractivity contribution in [1.82, 2.24) is 15.2 Å². The molecule has 2 fully saturated rings. The molecule has 1 N–H and O–H groups in total. The molecule has 1 atom stereocenters. The van der Waals surface area contributed by atoms with E-state index in [1.165, 1.54) is 32.1 Å². The Balaban J connectivity index is 1.45. The second-order valence-corrected chi connectivity index (χ2v) is 6.43. The molecule has 0 spiro atoms. The van der Waals surface area contributed by atoms with Crippen LogP contribution in [0.15, 0.2) is 24.4 Å². The molecule has 1 amide bonds. The van der Waals surface area contributed by atoms with Crippen LogP contribution in [-0.4, -0.2) is 34.9 Å². The number of carbonyl (C=O) groups excluding carboxylic acids is 1. The quantitative estimate of drug-likeness (QED) is 0.925. The molecular weight excluding hydrogens is 262 g/mol. The van der Waals surface area contributed by atoms with E-state index < -0.39 is 0 Å². The molecule has 21 heavy (non-hydrogen) atoms. The molecule has 0 aromatic carbocycles. The molecule has 1 aromatic rings. The summed E-state index contributed by atoms with van der Waals surface area (Å²) in [5.41, 5.74) is 0.925. The average Bonchev–Trinajstić information content (AvgIpc) is 2.47. The Bertz CT molecular complexity index is 464. The van der Waals surface area contributed by atoms with Crippen LogP contribution in [0.4, 0.5) is 0 Å². The standard InChI is InChI=1S/C17H25N3O/c1-13(16-9-5-6-10-18-16)19-17(21)14-11-20(12-14)15-7-3-2-4-8-15/h5-6,9-10,13-15H,2-4,7-8,11-12H2,1H3,(H,19,21)/t13-/m0/s1. The number of nitrogens with zero attached hydrogens (tertiary/aromatic N) is 2. The molecule has 114 valence electrons. The van der Waals surface area contributed by atoms with Gasteiger partial charge in [-0.1, -0.05) is 25.3 Å². The summed E-state index contributed by atoms with van der Waals surface area (Å²) in [7, 11) is 0. The highest BCUT2D eigenvalue weighted by atomic mass is 16.2. The van der Waals surface area contributed by atoms with Gasteiger partial charge in [0.2, 0.25) is 5.91 Å². The summed E-state index contributed by atoms with van der Waals surface area (Å²) >= 11 is 0. The van der Waals surface area contributed by atoms with E-state index in [0.717, 1.165) is 24.8 Å². The monoisotopic (exact) mass is 287 g/mol. The van der Waals surface area contributed by atoms with Crippen molar-refractivity contribution >= 4 is 5.91 Å². The topological polar surface area (TPSA) is 45.2 Å². The zero-order chi connectivity index (χ0) is 14.7. The van der Waals surface area contributed by atoms with E-state index in [2.05, 4.69) is 15.2 Å². The third-order valence-electron chi connectivity index (χ3n) is 4.86. The summed E-state index contributed by atoms with van der Waals surface area (Å²) in [6.07, 6.45) is 8.50. The van der Waals surface area contributed by atoms with Gasteiger partial charge < -0.3 is 5.32 Å². The summed E-state index contributed by atoms with van der Waals surface area (Å²) in [4.78, 5) is 19.1. The van der Waals surface area contributed by atoms with Gasteiger partial charge in [-0.05, 0) is 31.9 Å². The Morgan fingerprint density at radius 2 is 2.05 bits per heavy atom. The lowest BCUT2D eigenvalue weighted by Crippen LogP contribution is -2.57. The Morgan fingerprint density at radius 3 is 2.71 bits per heavy atom. The molecule has 1 aliphatic heterocycles. The van der Waals surface area contributed by atoms with Crippen LogP contribution in [0.2, 0.25) is 0 Å². The number of nitrogens with one attached hydrogen (secondary N) is 1. The Labute approximate surface area is 126 Å². The molecular formula is C17H25N3O. The molecule has 0 unspecified atom stereocenters. The maximum atomic E-state index is 12.3. The summed E-state index contributed by atoms with van der Waals surface area (Å²) in [6, 6.07) is 6.53. The first-order valence-electron chi connectivity index (χ1n) is 8.19. The number of amides is 1. The molecule has 1 aliphatic carbocycles. The molecule has 1 saturated heterocycles. The van der Waals surface area contributed by atoms with E-state index in [1.54, 1.807) is 6.20 Å². The first kappa shape index (κ1) is 14.5. The third-order valence-corrected chi connectivity index (χ3v) is 4.86. The number of hydrogen-bond donors (Lipinski definition) is 1. The number of hydrogen-bond acceptors (Lipinski definition) is 3. The smallest absolute Gasteiger partial charge is 0.226 e. The van der Waals surface area contributed by atoms with Crippen LogP contribution < -0.4 is 5.32 Å². The number of rotatable bonds is 4. The van der Waals surface area contributed by atoms with Gasteiger partial charge in [-0.25, -0.2) is 0 Å². The van der Waals surface area contributed by atoms with E-state index in [0.29, 0.717) is 0 Å². The van der Waals surface area contributed by atoms with Crippen LogP contribution >= 0.6 is 0 Å². The van der Waals surface area contributed by atoms with Crippen molar-refractivity contribution in [1.29, 1.82) is 0 Å². The summed E-state index contributed by atoms with van der Waals surface area (Å²) < 4.78 is 0. The summed E-state index contributed by atoms with van der Waals surface area (Å²) in [5, 5.41) is 3.09. The van der Waals surface area contributed by atoms with Crippen LogP contribution in [-0.2, 0) is 4.79 Å². The maximum absolute atomic E-state index is 12.3. The van der Waals surface area contributed by atoms with Crippen LogP contribution in [0.25, 0.3) is 0 Å². The predicted molar refractivity (Wildman–Crippen MR) is 82.7 cm³/mol. The molecule has 3 rings (SSSR count). The lowest BCUT2D eigenvalue weighted by atomic mass is 9.88. The van der Waals surface area contributed by atoms with Gasteiger partial charge in [-0.15, -0.1) is 0 Å². The van der Waals surface area contributed by atoms with Gasteiger partial charge >= 0.3 is 0 Å². The summed E-state index contributed by atoms with van der Waals surface area (Å²) in [6.45, 7) is 3.87. The highest BCUT2D eigenvalue weighted by Crippen LogP contribution is 2.28. The van der Waals surface area contributed by atoms with Gasteiger partial charge in [-0.3, -0.25) is 14.7 Å². The van der Waals surface area contributed by atoms with Gasteiger partial charge in [0.1, 0.15) is 0 Å². The van der Waals surface area contributed by atoms with E-state index in [-0.39, 0.29) is 17.9 Å². The van der Waals surface area contributed by atoms with Gasteiger partial charge in [0.25, 0.3) is 0 Å². The van der Waals surface area contributed by atoms with Crippen LogP contribution in [0.5, 0.6) is 0 Å². The lowest BCUT2D eigenvalue weighted by molar-refractivity contribution is -0.132. The van der Waals surface area contributed by atoms with E-state index in [1.807, 2.05) is 25.1 Å². The summed E-state index contributed by atoms with van der Waals surface area (Å²) in [5.74, 6) is 0.346. The van der Waals surface area contributed by atoms with Crippen molar-refractivity contribution in [2.75, 3.05) is 13.1 Å². The first-order valence-corrected chi connectivity index (χ1v) is 8.19. The normalized spacial score (nSPS) is 22.5. The number of aromatic nitrogens is 1. The van der Waals surface area contributed by atoms with Crippen molar-refractivity contribution in [2.45, 2.75) is 51.1 Å². The fourth-order valence-corrected chi connectivity index (χ4v) is 3.46. The van der Waals surface area contributed by atoms with Crippen LogP contribution in [0.3, 0.4) is 0 Å². The van der Waals surface area contributed by atoms with E-state index in [9.17, 15) is 4.79 Å². The zero-order valence-electron chi connectivity index (χ0n) is 12.8. The van der Waals surface area contributed by atoms with Crippen molar-refractivity contribution in [3.63, 3.8) is 0 Å². The Morgan fingerprint density at radius 1 is 1.29 bits per heavy atom. The average molecular weight is 287 g/mol. The molecule has 0 radical (unpaired) electrons. The second kappa shape index (κ2) is 6.56. The molecule has 2 heterocycles. The maximum Gasteiger partial charge on any atom is 0.226 e. The predicted octanol–water partition coefficient (Wildman–Crippen LogP) is 2.52. The van der Waals surface area contributed by atoms with Crippen molar-refractivity contribution in [3.05, 3.63) is 30.1 Å². The molecule has 1 saturated carbocycles. The largest absolute Gasteiger partial charge is 0.348 e. The second-order valence-electron chi connectivity index (χ2n) is 6.43. The van der Waals surface area contributed by atoms with Gasteiger partial charge in [-0.2, -0.15) is 0 Å². The fourth-order valence-electron chi connectivity index (χ4n) is 3.46. The van der Waals surface area contributed by atoms with Gasteiger partial charge in [0.05, 0.1) is 17.7 Å². The SMILES string of the molecule is C[C@H](NC(=O)C1CN(C2CCCCC2)C1)c1ccccn1. The molecule has 4 nitrogen and oxygen atoms in total. The van der Waals surface area contributed by atoms with Crippen molar-refractivity contribution < 1.29 is 4.79 Å². The minimum Gasteiger partial charge on any atom is -0.348 e. The minimum atomic E-state index is -0.0116. The highest BCUT2D eigenvalue weighted by molar-refractivity contribution is 5.80. The van der Waals surface area contributed by atoms with Crippen molar-refractivity contribution in [2.24, 2.45) is 5.92 Å². The Hall–Kier alpha value is -1.42. The van der Waals surface area contributed by atoms with Crippen LogP contribution in [0, 0.1) is 5.92 Å². The molecule has 0 bridgehead atoms. The number of likely N-dealkylation sites (tertiary alicyclic amines) is 1. The van der Waals surface area contributed by atoms with Crippen molar-refractivity contribution in [3.8, 4) is 0 Å². The zero-order valence-corrected chi connectivity index (χ0v) is 12.8. The lowest BCUT2D eigenvalue weighted by Gasteiger charge is -2.45. The molecule has 2 aliphatic rings. The first-order chi connectivity index (χ1) is 10.2.